The van der Waals surface area contributed by atoms with Crippen molar-refractivity contribution in [2.45, 2.75) is 66.2 Å². The van der Waals surface area contributed by atoms with Crippen molar-refractivity contribution in [1.82, 2.24) is 0 Å². The van der Waals surface area contributed by atoms with Gasteiger partial charge in [-0.1, -0.05) is 46.1 Å². The Morgan fingerprint density at radius 3 is 1.91 bits per heavy atom. The van der Waals surface area contributed by atoms with Crippen LogP contribution >= 0.6 is 0 Å². The van der Waals surface area contributed by atoms with E-state index in [0.717, 1.165) is 66.9 Å². The van der Waals surface area contributed by atoms with Crippen molar-refractivity contribution in [3.05, 3.63) is 59.2 Å². The summed E-state index contributed by atoms with van der Waals surface area (Å²) in [5.41, 5.74) is 2.66. The molecule has 2 aromatic rings. The molecule has 32 heavy (non-hydrogen) atoms. The molecule has 0 bridgehead atoms. The first kappa shape index (κ1) is 25.5. The molecule has 4 nitrogen and oxygen atoms in total. The summed E-state index contributed by atoms with van der Waals surface area (Å²) >= 11 is 0. The minimum atomic E-state index is -0.0485. The second-order valence-corrected chi connectivity index (χ2v) is 7.80. The average Bonchev–Trinajstić information content (AvgIpc) is 2.80. The summed E-state index contributed by atoms with van der Waals surface area (Å²) < 4.78 is 17.7. The Kier molecular flexibility index (Phi) is 11.4. The summed E-state index contributed by atoms with van der Waals surface area (Å²) in [7, 11) is 0. The highest BCUT2D eigenvalue weighted by Crippen LogP contribution is 2.33. The van der Waals surface area contributed by atoms with E-state index < -0.39 is 0 Å². The van der Waals surface area contributed by atoms with Gasteiger partial charge in [0.15, 0.2) is 5.78 Å². The third kappa shape index (κ3) is 8.07. The number of carbonyl (C=O) groups is 1. The molecule has 0 aliphatic carbocycles. The Hall–Kier alpha value is -2.75. The molecule has 0 saturated carbocycles. The molecule has 0 heterocycles. The summed E-state index contributed by atoms with van der Waals surface area (Å²) in [6.45, 7) is 10.4. The van der Waals surface area contributed by atoms with E-state index in [-0.39, 0.29) is 5.78 Å². The van der Waals surface area contributed by atoms with Crippen molar-refractivity contribution in [3.63, 3.8) is 0 Å². The SMILES string of the molecule is CCCCOc1cc(C=CC(=O)c2ccc(OCC)cc2)cc(OCCCC)c1CCC. The Morgan fingerprint density at radius 1 is 0.812 bits per heavy atom. The molecule has 4 heteroatoms. The van der Waals surface area contributed by atoms with Crippen LogP contribution in [0.15, 0.2) is 42.5 Å². The van der Waals surface area contributed by atoms with Gasteiger partial charge in [0.05, 0.1) is 19.8 Å². The molecule has 0 unspecified atom stereocenters. The van der Waals surface area contributed by atoms with Crippen LogP contribution in [0.3, 0.4) is 0 Å². The molecule has 0 aliphatic rings. The lowest BCUT2D eigenvalue weighted by Crippen LogP contribution is -2.05. The summed E-state index contributed by atoms with van der Waals surface area (Å²) in [4.78, 5) is 12.7. The Balaban J connectivity index is 2.27. The standard InChI is InChI=1S/C28H38O4/c1-5-9-18-31-27-20-22(21-28(25(27)11-7-3)32-19-10-6-2)12-17-26(29)23-13-15-24(16-14-23)30-8-4/h12-17,20-21H,5-11,18-19H2,1-4H3. The van der Waals surface area contributed by atoms with Crippen molar-refractivity contribution in [3.8, 4) is 17.2 Å². The number of ether oxygens (including phenoxy) is 3. The molecule has 0 aromatic heterocycles. The van der Waals surface area contributed by atoms with Crippen molar-refractivity contribution in [2.75, 3.05) is 19.8 Å². The second kappa shape index (κ2) is 14.3. The highest BCUT2D eigenvalue weighted by atomic mass is 16.5. The average molecular weight is 439 g/mol. The van der Waals surface area contributed by atoms with Gasteiger partial charge in [-0.05, 0) is 74.2 Å². The molecule has 2 rings (SSSR count). The van der Waals surface area contributed by atoms with Gasteiger partial charge >= 0.3 is 0 Å². The molecule has 0 fully saturated rings. The van der Waals surface area contributed by atoms with Gasteiger partial charge in [-0.3, -0.25) is 4.79 Å². The molecular formula is C28H38O4. The Morgan fingerprint density at radius 2 is 1.41 bits per heavy atom. The van der Waals surface area contributed by atoms with Gasteiger partial charge in [-0.25, -0.2) is 0 Å². The smallest absolute Gasteiger partial charge is 0.185 e. The van der Waals surface area contributed by atoms with E-state index in [9.17, 15) is 4.79 Å². The fourth-order valence-corrected chi connectivity index (χ4v) is 3.29. The maximum atomic E-state index is 12.7. The predicted molar refractivity (Wildman–Crippen MR) is 132 cm³/mol. The van der Waals surface area contributed by atoms with Gasteiger partial charge in [0, 0.05) is 11.1 Å². The number of ketones is 1. The lowest BCUT2D eigenvalue weighted by atomic mass is 10.0. The summed E-state index contributed by atoms with van der Waals surface area (Å²) in [5.74, 6) is 2.44. The second-order valence-electron chi connectivity index (χ2n) is 7.80. The topological polar surface area (TPSA) is 44.8 Å². The van der Waals surface area contributed by atoms with E-state index >= 15 is 0 Å². The van der Waals surface area contributed by atoms with E-state index in [1.54, 1.807) is 18.2 Å². The van der Waals surface area contributed by atoms with Gasteiger partial charge in [-0.15, -0.1) is 0 Å². The fourth-order valence-electron chi connectivity index (χ4n) is 3.29. The number of rotatable bonds is 15. The van der Waals surface area contributed by atoms with Gasteiger partial charge in [0.25, 0.3) is 0 Å². The Labute approximate surface area is 193 Å². The zero-order valence-electron chi connectivity index (χ0n) is 20.1. The maximum Gasteiger partial charge on any atom is 0.185 e. The molecule has 0 amide bonds. The molecule has 0 aliphatic heterocycles. The number of unbranched alkanes of at least 4 members (excludes halogenated alkanes) is 2. The number of allylic oxidation sites excluding steroid dienone is 1. The monoisotopic (exact) mass is 438 g/mol. The largest absolute Gasteiger partial charge is 0.494 e. The molecule has 0 spiro atoms. The molecule has 0 radical (unpaired) electrons. The van der Waals surface area contributed by atoms with E-state index in [4.69, 9.17) is 14.2 Å². The third-order valence-electron chi connectivity index (χ3n) is 5.08. The molecule has 0 atom stereocenters. The zero-order chi connectivity index (χ0) is 23.2. The molecule has 0 saturated heterocycles. The van der Waals surface area contributed by atoms with E-state index in [1.165, 1.54) is 0 Å². The van der Waals surface area contributed by atoms with Gasteiger partial charge in [0.2, 0.25) is 0 Å². The lowest BCUT2D eigenvalue weighted by molar-refractivity contribution is 0.104. The van der Waals surface area contributed by atoms with Crippen LogP contribution in [0.1, 0.15) is 81.3 Å². The summed E-state index contributed by atoms with van der Waals surface area (Å²) in [6, 6.07) is 11.3. The first-order valence-electron chi connectivity index (χ1n) is 12.0. The van der Waals surface area contributed by atoms with Crippen LogP contribution in [0.4, 0.5) is 0 Å². The minimum absolute atomic E-state index is 0.0485. The van der Waals surface area contributed by atoms with Crippen LogP contribution in [0.2, 0.25) is 0 Å². The van der Waals surface area contributed by atoms with Crippen LogP contribution in [-0.2, 0) is 6.42 Å². The quantitative estimate of drug-likeness (QED) is 0.166. The van der Waals surface area contributed by atoms with Crippen LogP contribution < -0.4 is 14.2 Å². The maximum absolute atomic E-state index is 12.7. The number of benzene rings is 2. The highest BCUT2D eigenvalue weighted by molar-refractivity contribution is 6.06. The Bertz CT molecular complexity index is 821. The minimum Gasteiger partial charge on any atom is -0.494 e. The summed E-state index contributed by atoms with van der Waals surface area (Å²) in [5, 5.41) is 0. The third-order valence-corrected chi connectivity index (χ3v) is 5.08. The van der Waals surface area contributed by atoms with E-state index in [2.05, 4.69) is 20.8 Å². The van der Waals surface area contributed by atoms with Gasteiger partial charge in [0.1, 0.15) is 17.2 Å². The highest BCUT2D eigenvalue weighted by Gasteiger charge is 2.13. The van der Waals surface area contributed by atoms with Crippen molar-refractivity contribution >= 4 is 11.9 Å². The van der Waals surface area contributed by atoms with Crippen molar-refractivity contribution in [2.24, 2.45) is 0 Å². The van der Waals surface area contributed by atoms with Crippen LogP contribution in [0.25, 0.3) is 6.08 Å². The number of hydrogen-bond acceptors (Lipinski definition) is 4. The molecule has 0 N–H and O–H groups in total. The first-order chi connectivity index (χ1) is 15.6. The van der Waals surface area contributed by atoms with E-state index in [0.29, 0.717) is 25.4 Å². The first-order valence-corrected chi connectivity index (χ1v) is 12.0. The zero-order valence-corrected chi connectivity index (χ0v) is 20.1. The molecular weight excluding hydrogens is 400 g/mol. The normalized spacial score (nSPS) is 11.0. The van der Waals surface area contributed by atoms with Crippen molar-refractivity contribution in [1.29, 1.82) is 0 Å². The molecule has 2 aromatic carbocycles. The van der Waals surface area contributed by atoms with Gasteiger partial charge in [-0.2, -0.15) is 0 Å². The number of hydrogen-bond donors (Lipinski definition) is 0. The van der Waals surface area contributed by atoms with Gasteiger partial charge < -0.3 is 14.2 Å². The van der Waals surface area contributed by atoms with E-state index in [1.807, 2.05) is 37.3 Å². The summed E-state index contributed by atoms with van der Waals surface area (Å²) in [6.07, 6.45) is 9.54. The lowest BCUT2D eigenvalue weighted by Gasteiger charge is -2.17. The number of carbonyl (C=O) groups excluding carboxylic acids is 1. The van der Waals surface area contributed by atoms with Crippen LogP contribution in [-0.4, -0.2) is 25.6 Å². The van der Waals surface area contributed by atoms with Crippen molar-refractivity contribution < 1.29 is 19.0 Å². The fraction of sp³-hybridized carbons (Fsp3) is 0.464. The van der Waals surface area contributed by atoms with Crippen LogP contribution in [0, 0.1) is 0 Å². The predicted octanol–water partition coefficient (Wildman–Crippen LogP) is 7.29. The van der Waals surface area contributed by atoms with Crippen LogP contribution in [0.5, 0.6) is 17.2 Å². The molecule has 174 valence electrons.